The van der Waals surface area contributed by atoms with Gasteiger partial charge in [0, 0.05) is 0 Å². The largest absolute Gasteiger partial charge is 0.496 e. The van der Waals surface area contributed by atoms with Crippen molar-refractivity contribution >= 4 is 12.2 Å². The molecule has 3 rings (SSSR count). The Kier molecular flexibility index (Phi) is 8.28. The molecule has 36 heavy (non-hydrogen) atoms. The molecule has 3 aromatic rings. The van der Waals surface area contributed by atoms with Gasteiger partial charge in [-0.2, -0.15) is 21.0 Å². The molecule has 0 fully saturated rings. The first-order chi connectivity index (χ1) is 17.6. The van der Waals surface area contributed by atoms with Crippen molar-refractivity contribution in [2.24, 2.45) is 0 Å². The maximum atomic E-state index is 8.81. The molecule has 0 spiro atoms. The fourth-order valence-electron chi connectivity index (χ4n) is 3.13. The maximum Gasteiger partial charge on any atom is 0.138 e. The molecule has 0 radical (unpaired) electrons. The highest BCUT2D eigenvalue weighted by Gasteiger charge is 2.18. The number of hydrogen-bond acceptors (Lipinski definition) is 8. The highest BCUT2D eigenvalue weighted by Crippen LogP contribution is 2.42. The molecule has 0 N–H and O–H groups in total. The van der Waals surface area contributed by atoms with Crippen molar-refractivity contribution in [2.45, 2.75) is 0 Å². The topological polar surface area (TPSA) is 140 Å². The first-order valence-corrected chi connectivity index (χ1v) is 10.4. The lowest BCUT2D eigenvalue weighted by atomic mass is 10.0. The average molecular weight is 474 g/mol. The standard InChI is InChI=1S/C28H18N4O4/c1-33-27-13-24(26-12-10-22(36-26)8-4-6-20(17-31)18-32)28(34-2)14-23(27)25-11-9-21(35-25)7-3-5-19(15-29)16-30/h3-14H,1-2H3/b7-3+,8-4+. The summed E-state index contributed by atoms with van der Waals surface area (Å²) in [7, 11) is 3.08. The van der Waals surface area contributed by atoms with Crippen molar-refractivity contribution in [1.29, 1.82) is 21.0 Å². The molecule has 0 atom stereocenters. The van der Waals surface area contributed by atoms with Crippen LogP contribution in [-0.2, 0) is 0 Å². The van der Waals surface area contributed by atoms with E-state index in [1.807, 2.05) is 0 Å². The Morgan fingerprint density at radius 3 is 1.39 bits per heavy atom. The van der Waals surface area contributed by atoms with Crippen molar-refractivity contribution in [2.75, 3.05) is 14.2 Å². The SMILES string of the molecule is COc1cc(-c2ccc(/C=C/C=C(C#N)C#N)o2)c(OC)cc1-c1ccc(/C=C/C=C(C#N)C#N)o1. The molecule has 0 bridgehead atoms. The van der Waals surface area contributed by atoms with E-state index in [4.69, 9.17) is 39.4 Å². The second kappa shape index (κ2) is 12.0. The van der Waals surface area contributed by atoms with Crippen LogP contribution in [-0.4, -0.2) is 14.2 Å². The number of allylic oxidation sites excluding steroid dienone is 6. The van der Waals surface area contributed by atoms with Crippen LogP contribution >= 0.6 is 0 Å². The van der Waals surface area contributed by atoms with Gasteiger partial charge in [0.25, 0.3) is 0 Å². The van der Waals surface area contributed by atoms with Crippen LogP contribution in [0.5, 0.6) is 11.5 Å². The van der Waals surface area contributed by atoms with Crippen LogP contribution in [0.3, 0.4) is 0 Å². The molecule has 0 aliphatic rings. The van der Waals surface area contributed by atoms with Crippen molar-refractivity contribution in [3.05, 3.63) is 83.4 Å². The fourth-order valence-corrected chi connectivity index (χ4v) is 3.13. The van der Waals surface area contributed by atoms with Gasteiger partial charge in [-0.15, -0.1) is 0 Å². The summed E-state index contributed by atoms with van der Waals surface area (Å²) in [5.41, 5.74) is 1.28. The highest BCUT2D eigenvalue weighted by atomic mass is 16.5. The van der Waals surface area contributed by atoms with E-state index >= 15 is 0 Å². The van der Waals surface area contributed by atoms with Gasteiger partial charge in [0.05, 0.1) is 25.3 Å². The van der Waals surface area contributed by atoms with Gasteiger partial charge in [-0.1, -0.05) is 12.2 Å². The van der Waals surface area contributed by atoms with Crippen molar-refractivity contribution in [1.82, 2.24) is 0 Å². The molecule has 0 saturated carbocycles. The fraction of sp³-hybridized carbons (Fsp3) is 0.0714. The molecule has 8 heteroatoms. The van der Waals surface area contributed by atoms with Gasteiger partial charge in [-0.3, -0.25) is 0 Å². The minimum absolute atomic E-state index is 0.0119. The van der Waals surface area contributed by atoms with Crippen molar-refractivity contribution < 1.29 is 18.3 Å². The number of nitriles is 4. The van der Waals surface area contributed by atoms with Gasteiger partial charge in [0.1, 0.15) is 70.0 Å². The van der Waals surface area contributed by atoms with E-state index in [2.05, 4.69) is 0 Å². The highest BCUT2D eigenvalue weighted by molar-refractivity contribution is 5.78. The Balaban J connectivity index is 1.93. The molecule has 0 amide bonds. The zero-order chi connectivity index (χ0) is 25.9. The van der Waals surface area contributed by atoms with Crippen LogP contribution in [0.25, 0.3) is 34.8 Å². The third kappa shape index (κ3) is 5.80. The number of methoxy groups -OCH3 is 2. The van der Waals surface area contributed by atoms with E-state index in [1.54, 1.807) is 99.2 Å². The third-order valence-corrected chi connectivity index (χ3v) is 4.83. The summed E-state index contributed by atoms with van der Waals surface area (Å²) < 4.78 is 23.0. The lowest BCUT2D eigenvalue weighted by molar-refractivity contribution is 0.403. The van der Waals surface area contributed by atoms with Crippen LogP contribution in [0.15, 0.2) is 80.7 Å². The molecule has 0 aliphatic carbocycles. The Bertz CT molecular complexity index is 1400. The molecule has 2 aromatic heterocycles. The Morgan fingerprint density at radius 1 is 0.667 bits per heavy atom. The predicted molar refractivity (Wildman–Crippen MR) is 132 cm³/mol. The molecule has 0 aliphatic heterocycles. The second-order valence-corrected chi connectivity index (χ2v) is 6.98. The quantitative estimate of drug-likeness (QED) is 0.278. The monoisotopic (exact) mass is 474 g/mol. The zero-order valence-corrected chi connectivity index (χ0v) is 19.4. The average Bonchev–Trinajstić information content (AvgIpc) is 3.58. The van der Waals surface area contributed by atoms with Gasteiger partial charge in [-0.05, 0) is 60.7 Å². The van der Waals surface area contributed by atoms with Gasteiger partial charge in [0.15, 0.2) is 0 Å². The predicted octanol–water partition coefficient (Wildman–Crippen LogP) is 6.20. The molecule has 174 valence electrons. The maximum absolute atomic E-state index is 8.81. The molecule has 0 saturated heterocycles. The molecule has 0 unspecified atom stereocenters. The summed E-state index contributed by atoms with van der Waals surface area (Å²) in [5, 5.41) is 35.2. The van der Waals surface area contributed by atoms with Crippen molar-refractivity contribution in [3.63, 3.8) is 0 Å². The van der Waals surface area contributed by atoms with E-state index in [0.717, 1.165) is 0 Å². The molecule has 8 nitrogen and oxygen atoms in total. The summed E-state index contributed by atoms with van der Waals surface area (Å²) in [6, 6.07) is 17.7. The van der Waals surface area contributed by atoms with E-state index in [1.165, 1.54) is 12.2 Å². The number of rotatable bonds is 8. The molecular formula is C28H18N4O4. The summed E-state index contributed by atoms with van der Waals surface area (Å²) in [6.45, 7) is 0. The normalized spacial score (nSPS) is 10.2. The van der Waals surface area contributed by atoms with Crippen molar-refractivity contribution in [3.8, 4) is 58.4 Å². The number of nitrogens with zero attached hydrogens (tertiary/aromatic N) is 4. The zero-order valence-electron chi connectivity index (χ0n) is 19.4. The van der Waals surface area contributed by atoms with E-state index < -0.39 is 0 Å². The summed E-state index contributed by atoms with van der Waals surface area (Å²) in [6.07, 6.45) is 9.20. The number of benzene rings is 1. The van der Waals surface area contributed by atoms with E-state index in [0.29, 0.717) is 45.7 Å². The second-order valence-electron chi connectivity index (χ2n) is 6.98. The Hall–Kier alpha value is -5.70. The summed E-state index contributed by atoms with van der Waals surface area (Å²) in [5.74, 6) is 3.15. The van der Waals surface area contributed by atoms with Gasteiger partial charge >= 0.3 is 0 Å². The van der Waals surface area contributed by atoms with Gasteiger partial charge < -0.3 is 18.3 Å². The van der Waals surface area contributed by atoms with E-state index in [9.17, 15) is 0 Å². The minimum atomic E-state index is -0.0119. The van der Waals surface area contributed by atoms with Crippen LogP contribution < -0.4 is 9.47 Å². The summed E-state index contributed by atoms with van der Waals surface area (Å²) in [4.78, 5) is 0. The van der Waals surface area contributed by atoms with Crippen LogP contribution in [0.1, 0.15) is 11.5 Å². The van der Waals surface area contributed by atoms with Crippen LogP contribution in [0.2, 0.25) is 0 Å². The van der Waals surface area contributed by atoms with E-state index in [-0.39, 0.29) is 11.1 Å². The smallest absolute Gasteiger partial charge is 0.138 e. The van der Waals surface area contributed by atoms with Gasteiger partial charge in [0.2, 0.25) is 0 Å². The number of hydrogen-bond donors (Lipinski definition) is 0. The summed E-state index contributed by atoms with van der Waals surface area (Å²) >= 11 is 0. The Morgan fingerprint density at radius 2 is 1.06 bits per heavy atom. The van der Waals surface area contributed by atoms with Crippen LogP contribution in [0, 0.1) is 45.3 Å². The number of furan rings is 2. The minimum Gasteiger partial charge on any atom is -0.496 e. The van der Waals surface area contributed by atoms with Gasteiger partial charge in [-0.25, -0.2) is 0 Å². The molecule has 2 heterocycles. The lowest BCUT2D eigenvalue weighted by Gasteiger charge is -2.12. The van der Waals surface area contributed by atoms with Crippen LogP contribution in [0.4, 0.5) is 0 Å². The number of ether oxygens (including phenoxy) is 2. The first kappa shape index (κ1) is 24.9. The third-order valence-electron chi connectivity index (χ3n) is 4.83. The lowest BCUT2D eigenvalue weighted by Crippen LogP contribution is -1.93. The molecule has 1 aromatic carbocycles. The molecular weight excluding hydrogens is 456 g/mol. The Labute approximate surface area is 207 Å². The first-order valence-electron chi connectivity index (χ1n) is 10.4.